The molecular formula is C23H26N4O2. The Morgan fingerprint density at radius 2 is 2.17 bits per heavy atom. The Morgan fingerprint density at radius 1 is 1.34 bits per heavy atom. The van der Waals surface area contributed by atoms with E-state index in [9.17, 15) is 9.59 Å². The summed E-state index contributed by atoms with van der Waals surface area (Å²) in [7, 11) is 0. The van der Waals surface area contributed by atoms with Crippen molar-refractivity contribution in [3.8, 4) is 0 Å². The van der Waals surface area contributed by atoms with Gasteiger partial charge in [0.15, 0.2) is 5.65 Å². The summed E-state index contributed by atoms with van der Waals surface area (Å²) in [6.45, 7) is 6.16. The molecule has 1 atom stereocenters. The van der Waals surface area contributed by atoms with Gasteiger partial charge < -0.3 is 5.32 Å². The molecule has 0 bridgehead atoms. The Labute approximate surface area is 170 Å². The van der Waals surface area contributed by atoms with E-state index in [0.29, 0.717) is 17.0 Å². The smallest absolute Gasteiger partial charge is 0.263 e. The maximum atomic E-state index is 13.0. The first kappa shape index (κ1) is 19.3. The van der Waals surface area contributed by atoms with Crippen LogP contribution in [0.25, 0.3) is 11.0 Å². The number of fused-ring (bicyclic) bond motifs is 2. The number of carbonyl (C=O) groups excluding carboxylic acids is 1. The lowest BCUT2D eigenvalue weighted by Crippen LogP contribution is -2.29. The quantitative estimate of drug-likeness (QED) is 0.740. The number of carbonyl (C=O) groups is 1. The Balaban J connectivity index is 1.62. The lowest BCUT2D eigenvalue weighted by molar-refractivity contribution is -0.116. The molecule has 0 fully saturated rings. The molecule has 1 amide bonds. The summed E-state index contributed by atoms with van der Waals surface area (Å²) in [5.74, 6) is 0.352. The van der Waals surface area contributed by atoms with Crippen LogP contribution >= 0.6 is 0 Å². The van der Waals surface area contributed by atoms with Gasteiger partial charge in [0, 0.05) is 11.4 Å². The topological polar surface area (TPSA) is 76.9 Å². The third kappa shape index (κ3) is 3.79. The number of hydrogen-bond acceptors (Lipinski definition) is 4. The second-order valence-corrected chi connectivity index (χ2v) is 8.00. The molecule has 3 aromatic rings. The van der Waals surface area contributed by atoms with Crippen molar-refractivity contribution in [3.05, 3.63) is 63.3 Å². The minimum Gasteiger partial charge on any atom is -0.324 e. The first-order valence-electron chi connectivity index (χ1n) is 10.2. The lowest BCUT2D eigenvalue weighted by atomic mass is 9.87. The van der Waals surface area contributed by atoms with Crippen molar-refractivity contribution >= 4 is 22.6 Å². The van der Waals surface area contributed by atoms with Crippen molar-refractivity contribution in [1.82, 2.24) is 14.5 Å². The summed E-state index contributed by atoms with van der Waals surface area (Å²) in [6.07, 6.45) is 5.22. The number of nitrogens with zero attached hydrogens (tertiary/aromatic N) is 3. The summed E-state index contributed by atoms with van der Waals surface area (Å²) < 4.78 is 1.36. The van der Waals surface area contributed by atoms with Crippen LogP contribution in [0, 0.1) is 12.8 Å². The lowest BCUT2D eigenvalue weighted by Gasteiger charge is -2.20. The van der Waals surface area contributed by atoms with Gasteiger partial charge in [-0.2, -0.15) is 0 Å². The Bertz CT molecular complexity index is 1150. The van der Waals surface area contributed by atoms with Gasteiger partial charge in [-0.05, 0) is 61.3 Å². The average Bonchev–Trinajstić information content (AvgIpc) is 2.70. The fourth-order valence-corrected chi connectivity index (χ4v) is 4.07. The molecule has 1 aliphatic carbocycles. The fourth-order valence-electron chi connectivity index (χ4n) is 4.07. The number of aromatic nitrogens is 3. The van der Waals surface area contributed by atoms with Gasteiger partial charge >= 0.3 is 0 Å². The molecule has 6 nitrogen and oxygen atoms in total. The highest BCUT2D eigenvalue weighted by Crippen LogP contribution is 2.25. The first-order chi connectivity index (χ1) is 14.0. The van der Waals surface area contributed by atoms with Crippen molar-refractivity contribution in [3.63, 3.8) is 0 Å². The zero-order valence-corrected chi connectivity index (χ0v) is 17.2. The molecule has 4 rings (SSSR count). The molecule has 0 saturated carbocycles. The highest BCUT2D eigenvalue weighted by Gasteiger charge is 2.19. The van der Waals surface area contributed by atoms with Crippen LogP contribution in [-0.4, -0.2) is 20.4 Å². The molecule has 0 radical (unpaired) electrons. The van der Waals surface area contributed by atoms with E-state index in [0.717, 1.165) is 53.8 Å². The number of para-hydroxylation sites is 1. The normalized spacial score (nSPS) is 15.9. The third-order valence-electron chi connectivity index (χ3n) is 5.74. The molecule has 1 aromatic carbocycles. The summed E-state index contributed by atoms with van der Waals surface area (Å²) in [5, 5.41) is 3.45. The first-order valence-corrected chi connectivity index (χ1v) is 10.2. The summed E-state index contributed by atoms with van der Waals surface area (Å²) in [6, 6.07) is 7.88. The number of hydrogen-bond donors (Lipinski definition) is 1. The van der Waals surface area contributed by atoms with Crippen LogP contribution in [0.15, 0.2) is 35.4 Å². The molecule has 6 heteroatoms. The summed E-state index contributed by atoms with van der Waals surface area (Å²) in [5.41, 5.74) is 5.33. The minimum absolute atomic E-state index is 0.0766. The van der Waals surface area contributed by atoms with E-state index in [4.69, 9.17) is 0 Å². The number of pyridine rings is 1. The Hall–Kier alpha value is -3.02. The minimum atomic E-state index is -0.239. The predicted molar refractivity (Wildman–Crippen MR) is 114 cm³/mol. The molecule has 150 valence electrons. The van der Waals surface area contributed by atoms with Crippen molar-refractivity contribution < 1.29 is 4.79 Å². The largest absolute Gasteiger partial charge is 0.324 e. The second-order valence-electron chi connectivity index (χ2n) is 8.00. The monoisotopic (exact) mass is 390 g/mol. The van der Waals surface area contributed by atoms with Crippen LogP contribution in [0.1, 0.15) is 42.7 Å². The highest BCUT2D eigenvalue weighted by atomic mass is 16.2. The van der Waals surface area contributed by atoms with Crippen molar-refractivity contribution in [2.45, 2.75) is 53.0 Å². The maximum absolute atomic E-state index is 13.0. The van der Waals surface area contributed by atoms with Crippen LogP contribution in [0.2, 0.25) is 0 Å². The maximum Gasteiger partial charge on any atom is 0.263 e. The van der Waals surface area contributed by atoms with E-state index < -0.39 is 0 Å². The number of anilines is 1. The molecule has 0 spiro atoms. The highest BCUT2D eigenvalue weighted by molar-refractivity contribution is 5.92. The zero-order valence-electron chi connectivity index (χ0n) is 17.2. The van der Waals surface area contributed by atoms with Gasteiger partial charge in [-0.25, -0.2) is 9.97 Å². The number of rotatable bonds is 4. The van der Waals surface area contributed by atoms with Gasteiger partial charge in [0.05, 0.1) is 5.39 Å². The van der Waals surface area contributed by atoms with Crippen molar-refractivity contribution in [1.29, 1.82) is 0 Å². The number of amides is 1. The zero-order chi connectivity index (χ0) is 20.5. The predicted octanol–water partition coefficient (Wildman–Crippen LogP) is 3.43. The molecule has 1 aliphatic rings. The van der Waals surface area contributed by atoms with Gasteiger partial charge in [0.25, 0.3) is 5.56 Å². The van der Waals surface area contributed by atoms with Crippen molar-refractivity contribution in [2.75, 3.05) is 5.32 Å². The second kappa shape index (κ2) is 7.78. The molecular weight excluding hydrogens is 364 g/mol. The SMILES string of the molecule is CCc1cccc(C)c1NC(=O)Cn1cnc2nc3c(cc2c1=O)C[C@@H](C)CC3. The number of aryl methyl sites for hydroxylation is 3. The molecule has 1 N–H and O–H groups in total. The molecule has 0 saturated heterocycles. The van der Waals surface area contributed by atoms with E-state index in [1.165, 1.54) is 10.9 Å². The molecule has 2 heterocycles. The van der Waals surface area contributed by atoms with Crippen LogP contribution in [-0.2, 0) is 30.6 Å². The summed E-state index contributed by atoms with van der Waals surface area (Å²) >= 11 is 0. The van der Waals surface area contributed by atoms with Gasteiger partial charge in [0.1, 0.15) is 12.9 Å². The Kier molecular flexibility index (Phi) is 5.18. The van der Waals surface area contributed by atoms with E-state index in [-0.39, 0.29) is 18.0 Å². The fraction of sp³-hybridized carbons (Fsp3) is 0.391. The van der Waals surface area contributed by atoms with Crippen LogP contribution < -0.4 is 10.9 Å². The molecule has 29 heavy (non-hydrogen) atoms. The Morgan fingerprint density at radius 3 is 2.97 bits per heavy atom. The number of benzene rings is 1. The molecule has 0 aliphatic heterocycles. The summed E-state index contributed by atoms with van der Waals surface area (Å²) in [4.78, 5) is 34.6. The standard InChI is InChI=1S/C23H26N4O2/c1-4-16-7-5-6-15(3)21(16)26-20(28)12-27-13-24-22-18(23(27)29)11-17-10-14(2)8-9-19(17)25-22/h5-7,11,13-14H,4,8-10,12H2,1-3H3,(H,26,28)/t14-/m0/s1. The molecule has 0 unspecified atom stereocenters. The average molecular weight is 390 g/mol. The van der Waals surface area contributed by atoms with Crippen LogP contribution in [0.4, 0.5) is 5.69 Å². The van der Waals surface area contributed by atoms with Gasteiger partial charge in [-0.15, -0.1) is 0 Å². The van der Waals surface area contributed by atoms with E-state index >= 15 is 0 Å². The van der Waals surface area contributed by atoms with Gasteiger partial charge in [-0.3, -0.25) is 14.2 Å². The van der Waals surface area contributed by atoms with Gasteiger partial charge in [0.2, 0.25) is 5.91 Å². The van der Waals surface area contributed by atoms with Crippen LogP contribution in [0.5, 0.6) is 0 Å². The van der Waals surface area contributed by atoms with Crippen LogP contribution in [0.3, 0.4) is 0 Å². The van der Waals surface area contributed by atoms with Gasteiger partial charge in [-0.1, -0.05) is 32.0 Å². The third-order valence-corrected chi connectivity index (χ3v) is 5.74. The molecule has 2 aromatic heterocycles. The van der Waals surface area contributed by atoms with E-state index in [1.807, 2.05) is 31.2 Å². The van der Waals surface area contributed by atoms with E-state index in [1.54, 1.807) is 0 Å². The number of nitrogens with one attached hydrogen (secondary N) is 1. The van der Waals surface area contributed by atoms with Crippen molar-refractivity contribution in [2.24, 2.45) is 5.92 Å². The van der Waals surface area contributed by atoms with E-state index in [2.05, 4.69) is 29.1 Å².